The van der Waals surface area contributed by atoms with E-state index in [1.807, 2.05) is 44.7 Å². The minimum absolute atomic E-state index is 0.585. The van der Waals surface area contributed by atoms with Gasteiger partial charge in [0.05, 0.1) is 0 Å². The van der Waals surface area contributed by atoms with Gasteiger partial charge in [-0.15, -0.1) is 0 Å². The average molecular weight is 242 g/mol. The number of allylic oxidation sites excluding steroid dienone is 4. The summed E-state index contributed by atoms with van der Waals surface area (Å²) < 4.78 is 16.9. The van der Waals surface area contributed by atoms with Crippen LogP contribution in [0, 0.1) is 0 Å². The van der Waals surface area contributed by atoms with E-state index in [1.54, 1.807) is 6.08 Å². The van der Waals surface area contributed by atoms with Gasteiger partial charge in [0.25, 0.3) is 0 Å². The summed E-state index contributed by atoms with van der Waals surface area (Å²) >= 11 is 0. The van der Waals surface area contributed by atoms with E-state index in [0.717, 1.165) is 0 Å². The van der Waals surface area contributed by atoms with Crippen LogP contribution in [-0.4, -0.2) is 28.6 Å². The Balaban J connectivity index is 4.63. The first-order valence-electron chi connectivity index (χ1n) is 5.63. The van der Waals surface area contributed by atoms with Gasteiger partial charge in [-0.1, -0.05) is 30.9 Å². The first-order chi connectivity index (χ1) is 7.74. The number of hydrogen-bond donors (Lipinski definition) is 0. The molecule has 92 valence electrons. The maximum Gasteiger partial charge on any atom is 0.529 e. The molecule has 0 aromatic carbocycles. The Labute approximate surface area is 99.8 Å². The van der Waals surface area contributed by atoms with Crippen molar-refractivity contribution in [2.45, 2.75) is 20.8 Å². The lowest BCUT2D eigenvalue weighted by Crippen LogP contribution is -2.44. The molecule has 0 fully saturated rings. The summed E-state index contributed by atoms with van der Waals surface area (Å²) in [6, 6.07) is 0. The molecular weight excluding hydrogens is 220 g/mol. The summed E-state index contributed by atoms with van der Waals surface area (Å²) in [5, 5.41) is 0. The van der Waals surface area contributed by atoms with Crippen molar-refractivity contribution in [3.63, 3.8) is 0 Å². The number of hydrogen-bond acceptors (Lipinski definition) is 3. The smallest absolute Gasteiger partial charge is 0.371 e. The van der Waals surface area contributed by atoms with Crippen LogP contribution in [0.15, 0.2) is 36.6 Å². The van der Waals surface area contributed by atoms with Gasteiger partial charge in [-0.2, -0.15) is 0 Å². The lowest BCUT2D eigenvalue weighted by molar-refractivity contribution is 0.0843. The van der Waals surface area contributed by atoms with Gasteiger partial charge in [-0.05, 0) is 26.5 Å². The molecule has 4 heteroatoms. The summed E-state index contributed by atoms with van der Waals surface area (Å²) in [5.41, 5.74) is 1.89. The van der Waals surface area contributed by atoms with E-state index >= 15 is 0 Å². The maximum atomic E-state index is 5.64. The first-order valence-corrected chi connectivity index (χ1v) is 7.43. The van der Waals surface area contributed by atoms with E-state index in [-0.39, 0.29) is 0 Å². The molecule has 0 saturated heterocycles. The largest absolute Gasteiger partial charge is 0.529 e. The Morgan fingerprint density at radius 1 is 0.875 bits per heavy atom. The van der Waals surface area contributed by atoms with Crippen LogP contribution in [-0.2, 0) is 13.3 Å². The fraction of sp³-hybridized carbons (Fsp3) is 0.500. The minimum atomic E-state index is -2.61. The third-order valence-corrected chi connectivity index (χ3v) is 4.37. The van der Waals surface area contributed by atoms with E-state index in [4.69, 9.17) is 13.3 Å². The van der Waals surface area contributed by atoms with Crippen LogP contribution in [0.25, 0.3) is 0 Å². The SMILES string of the molecule is C=CC=CC=C[Si](OCC)(OCC)OCC. The van der Waals surface area contributed by atoms with Crippen molar-refractivity contribution in [2.75, 3.05) is 19.8 Å². The lowest BCUT2D eigenvalue weighted by Gasteiger charge is -2.24. The van der Waals surface area contributed by atoms with Gasteiger partial charge in [-0.25, -0.2) is 0 Å². The van der Waals surface area contributed by atoms with E-state index < -0.39 is 8.80 Å². The van der Waals surface area contributed by atoms with Crippen LogP contribution < -0.4 is 0 Å². The van der Waals surface area contributed by atoms with Crippen LogP contribution in [0.3, 0.4) is 0 Å². The van der Waals surface area contributed by atoms with E-state index in [1.165, 1.54) is 0 Å². The topological polar surface area (TPSA) is 27.7 Å². The van der Waals surface area contributed by atoms with Crippen LogP contribution in [0.4, 0.5) is 0 Å². The van der Waals surface area contributed by atoms with Crippen LogP contribution >= 0.6 is 0 Å². The van der Waals surface area contributed by atoms with Crippen molar-refractivity contribution in [1.29, 1.82) is 0 Å². The molecule has 0 N–H and O–H groups in total. The second-order valence-corrected chi connectivity index (χ2v) is 5.29. The van der Waals surface area contributed by atoms with Gasteiger partial charge >= 0.3 is 8.80 Å². The molecule has 3 nitrogen and oxygen atoms in total. The fourth-order valence-electron chi connectivity index (χ4n) is 1.19. The predicted molar refractivity (Wildman–Crippen MR) is 69.1 cm³/mol. The highest BCUT2D eigenvalue weighted by Crippen LogP contribution is 2.11. The molecule has 0 aliphatic heterocycles. The van der Waals surface area contributed by atoms with Gasteiger partial charge < -0.3 is 13.3 Å². The molecule has 0 aliphatic rings. The molecule has 0 bridgehead atoms. The molecule has 0 amide bonds. The number of rotatable bonds is 9. The fourth-order valence-corrected chi connectivity index (χ4v) is 3.28. The van der Waals surface area contributed by atoms with Crippen LogP contribution in [0.1, 0.15) is 20.8 Å². The molecule has 0 aliphatic carbocycles. The molecule has 0 radical (unpaired) electrons. The standard InChI is InChI=1S/C12H22O3Si/c1-5-9-10-11-12-16(13-6-2,14-7-3)15-8-4/h5,9-12H,1,6-8H2,2-4H3. The molecule has 0 saturated carbocycles. The first kappa shape index (κ1) is 15.3. The molecule has 0 rings (SSSR count). The minimum Gasteiger partial charge on any atom is -0.371 e. The maximum absolute atomic E-state index is 5.64. The van der Waals surface area contributed by atoms with Gasteiger partial charge in [0.2, 0.25) is 0 Å². The van der Waals surface area contributed by atoms with Gasteiger partial charge in [-0.3, -0.25) is 0 Å². The van der Waals surface area contributed by atoms with Crippen molar-refractivity contribution in [1.82, 2.24) is 0 Å². The van der Waals surface area contributed by atoms with Gasteiger partial charge in [0, 0.05) is 19.8 Å². The Morgan fingerprint density at radius 2 is 1.38 bits per heavy atom. The zero-order valence-electron chi connectivity index (χ0n) is 10.4. The Hall–Kier alpha value is -0.683. The Morgan fingerprint density at radius 3 is 1.75 bits per heavy atom. The Kier molecular flexibility index (Phi) is 9.13. The summed E-state index contributed by atoms with van der Waals surface area (Å²) in [6.07, 6.45) is 7.33. The third-order valence-electron chi connectivity index (χ3n) is 1.70. The second-order valence-electron chi connectivity index (χ2n) is 2.88. The van der Waals surface area contributed by atoms with E-state index in [2.05, 4.69) is 6.58 Å². The van der Waals surface area contributed by atoms with Crippen molar-refractivity contribution in [3.8, 4) is 0 Å². The molecule has 0 heterocycles. The van der Waals surface area contributed by atoms with Crippen molar-refractivity contribution in [3.05, 3.63) is 36.6 Å². The Bertz CT molecular complexity index is 219. The monoisotopic (exact) mass is 242 g/mol. The van der Waals surface area contributed by atoms with E-state index in [9.17, 15) is 0 Å². The van der Waals surface area contributed by atoms with Crippen molar-refractivity contribution >= 4 is 8.80 Å². The summed E-state index contributed by atoms with van der Waals surface area (Å²) in [7, 11) is -2.61. The average Bonchev–Trinajstić information content (AvgIpc) is 2.26. The lowest BCUT2D eigenvalue weighted by atomic mass is 10.5. The van der Waals surface area contributed by atoms with Crippen molar-refractivity contribution < 1.29 is 13.3 Å². The van der Waals surface area contributed by atoms with Crippen LogP contribution in [0.2, 0.25) is 0 Å². The molecule has 0 atom stereocenters. The molecule has 0 aromatic heterocycles. The van der Waals surface area contributed by atoms with Gasteiger partial charge in [0.1, 0.15) is 0 Å². The summed E-state index contributed by atoms with van der Waals surface area (Å²) in [6.45, 7) is 11.2. The quantitative estimate of drug-likeness (QED) is 0.459. The van der Waals surface area contributed by atoms with E-state index in [0.29, 0.717) is 19.8 Å². The zero-order valence-corrected chi connectivity index (χ0v) is 11.4. The summed E-state index contributed by atoms with van der Waals surface area (Å²) in [5.74, 6) is 0. The molecule has 16 heavy (non-hydrogen) atoms. The highest BCUT2D eigenvalue weighted by Gasteiger charge is 2.37. The third kappa shape index (κ3) is 6.02. The van der Waals surface area contributed by atoms with Crippen LogP contribution in [0.5, 0.6) is 0 Å². The van der Waals surface area contributed by atoms with Gasteiger partial charge in [0.15, 0.2) is 0 Å². The zero-order chi connectivity index (χ0) is 12.3. The summed E-state index contributed by atoms with van der Waals surface area (Å²) in [4.78, 5) is 0. The second kappa shape index (κ2) is 9.54. The highest BCUT2D eigenvalue weighted by molar-refractivity contribution is 6.66. The molecule has 0 spiro atoms. The normalized spacial score (nSPS) is 12.7. The molecular formula is C12H22O3Si. The van der Waals surface area contributed by atoms with Crippen molar-refractivity contribution in [2.24, 2.45) is 0 Å². The molecule has 0 aromatic rings. The molecule has 0 unspecified atom stereocenters. The predicted octanol–water partition coefficient (Wildman–Crippen LogP) is 2.87. The highest BCUT2D eigenvalue weighted by atomic mass is 28.4.